The number of nitrogens with zero attached hydrogens (tertiary/aromatic N) is 2. The molecule has 1 saturated heterocycles. The SMILES string of the molecule is CCCN(COCCSSCOC(=O)N(CCCc1cccc(C(F)(F)F)c1)C(C)(C=N)c1cccc2ccccc12)C(=O)O[C@H]1C[C@@H](OC(C)=O)[C@H](OC(C)=O)[C@@H](CF)O1. The van der Waals surface area contributed by atoms with Crippen molar-refractivity contribution >= 4 is 62.7 Å². The Morgan fingerprint density at radius 3 is 2.34 bits per heavy atom. The average molecular weight is 898 g/mol. The summed E-state index contributed by atoms with van der Waals surface area (Å²) < 4.78 is 86.8. The summed E-state index contributed by atoms with van der Waals surface area (Å²) >= 11 is 0. The molecular weight excluding hydrogens is 847 g/mol. The highest BCUT2D eigenvalue weighted by atomic mass is 33.1. The molecule has 1 fully saturated rings. The van der Waals surface area contributed by atoms with Crippen molar-refractivity contribution in [1.29, 1.82) is 5.41 Å². The summed E-state index contributed by atoms with van der Waals surface area (Å²) in [7, 11) is 2.58. The number of esters is 2. The molecule has 1 aliphatic rings. The van der Waals surface area contributed by atoms with Crippen LogP contribution in [0, 0.1) is 5.41 Å². The van der Waals surface area contributed by atoms with E-state index in [0.29, 0.717) is 29.7 Å². The Morgan fingerprint density at radius 2 is 1.66 bits per heavy atom. The number of hydrogen-bond acceptors (Lipinski definition) is 13. The Bertz CT molecular complexity index is 1940. The second-order valence-electron chi connectivity index (χ2n) is 14.1. The van der Waals surface area contributed by atoms with Gasteiger partial charge in [0.1, 0.15) is 37.1 Å². The molecule has 4 rings (SSSR count). The van der Waals surface area contributed by atoms with Crippen molar-refractivity contribution in [1.82, 2.24) is 9.80 Å². The fourth-order valence-corrected chi connectivity index (χ4v) is 8.19. The van der Waals surface area contributed by atoms with E-state index in [2.05, 4.69) is 0 Å². The maximum Gasteiger partial charge on any atom is 0.416 e. The third-order valence-corrected chi connectivity index (χ3v) is 11.6. The van der Waals surface area contributed by atoms with Crippen LogP contribution in [-0.4, -0.2) is 110 Å². The molecule has 1 N–H and O–H groups in total. The van der Waals surface area contributed by atoms with Crippen LogP contribution in [0.15, 0.2) is 66.7 Å². The second-order valence-corrected chi connectivity index (χ2v) is 16.7. The molecule has 3 aromatic rings. The van der Waals surface area contributed by atoms with Crippen molar-refractivity contribution in [3.63, 3.8) is 0 Å². The van der Waals surface area contributed by atoms with Crippen LogP contribution in [0.1, 0.15) is 63.6 Å². The molecule has 1 heterocycles. The maximum absolute atomic E-state index is 13.9. The zero-order chi connectivity index (χ0) is 44.6. The first-order chi connectivity index (χ1) is 29.1. The van der Waals surface area contributed by atoms with Crippen molar-refractivity contribution in [2.24, 2.45) is 0 Å². The van der Waals surface area contributed by atoms with E-state index in [1.807, 2.05) is 49.4 Å². The molecule has 3 aromatic carbocycles. The Kier molecular flexibility index (Phi) is 19.0. The van der Waals surface area contributed by atoms with Crippen molar-refractivity contribution < 1.29 is 65.2 Å². The summed E-state index contributed by atoms with van der Waals surface area (Å²) in [6.45, 7) is 5.12. The molecule has 61 heavy (non-hydrogen) atoms. The van der Waals surface area contributed by atoms with Crippen LogP contribution < -0.4 is 0 Å². The molecule has 0 saturated carbocycles. The highest BCUT2D eigenvalue weighted by Crippen LogP contribution is 2.35. The van der Waals surface area contributed by atoms with E-state index < -0.39 is 72.7 Å². The minimum absolute atomic E-state index is 0.0700. The monoisotopic (exact) mass is 897 g/mol. The molecule has 0 radical (unpaired) electrons. The normalized spacial score (nSPS) is 18.7. The first-order valence-electron chi connectivity index (χ1n) is 19.5. The lowest BCUT2D eigenvalue weighted by atomic mass is 9.87. The third kappa shape index (κ3) is 14.2. The van der Waals surface area contributed by atoms with Crippen LogP contribution in [0.3, 0.4) is 0 Å². The first kappa shape index (κ1) is 49.1. The molecular formula is C42H51F4N3O10S2. The number of alkyl halides is 4. The van der Waals surface area contributed by atoms with Gasteiger partial charge in [0.15, 0.2) is 6.10 Å². The minimum atomic E-state index is -4.49. The topological polar surface area (TPSA) is 154 Å². The number of halogens is 4. The van der Waals surface area contributed by atoms with E-state index in [0.717, 1.165) is 36.8 Å². The Balaban J connectivity index is 1.30. The van der Waals surface area contributed by atoms with Crippen molar-refractivity contribution in [3.05, 3.63) is 83.4 Å². The zero-order valence-corrected chi connectivity index (χ0v) is 36.0. The fraction of sp³-hybridized carbons (Fsp3) is 0.500. The van der Waals surface area contributed by atoms with Crippen molar-refractivity contribution in [2.75, 3.05) is 44.8 Å². The Labute approximate surface area is 359 Å². The van der Waals surface area contributed by atoms with Gasteiger partial charge in [-0.25, -0.2) is 14.0 Å². The number of carbonyl (C=O) groups is 4. The molecule has 0 aromatic heterocycles. The summed E-state index contributed by atoms with van der Waals surface area (Å²) in [5, 5.41) is 10.2. The summed E-state index contributed by atoms with van der Waals surface area (Å²) in [5.74, 6) is -1.06. The molecule has 1 unspecified atom stereocenters. The highest BCUT2D eigenvalue weighted by molar-refractivity contribution is 8.76. The number of hydrogen-bond donors (Lipinski definition) is 1. The largest absolute Gasteiger partial charge is 0.458 e. The van der Waals surface area contributed by atoms with Crippen LogP contribution >= 0.6 is 21.6 Å². The van der Waals surface area contributed by atoms with Gasteiger partial charge in [-0.05, 0) is 54.2 Å². The molecule has 13 nitrogen and oxygen atoms in total. The van der Waals surface area contributed by atoms with Gasteiger partial charge in [0.05, 0.1) is 18.6 Å². The van der Waals surface area contributed by atoms with Gasteiger partial charge in [0, 0.05) is 38.9 Å². The van der Waals surface area contributed by atoms with E-state index in [9.17, 15) is 36.7 Å². The summed E-state index contributed by atoms with van der Waals surface area (Å²) in [6, 6.07) is 18.2. The Morgan fingerprint density at radius 1 is 0.934 bits per heavy atom. The maximum atomic E-state index is 13.9. The quantitative estimate of drug-likeness (QED) is 0.0207. The minimum Gasteiger partial charge on any atom is -0.458 e. The van der Waals surface area contributed by atoms with Gasteiger partial charge >= 0.3 is 30.3 Å². The van der Waals surface area contributed by atoms with Gasteiger partial charge in [0.2, 0.25) is 6.29 Å². The molecule has 0 spiro atoms. The third-order valence-electron chi connectivity index (χ3n) is 9.61. The van der Waals surface area contributed by atoms with E-state index in [1.165, 1.54) is 43.7 Å². The van der Waals surface area contributed by atoms with E-state index in [4.69, 9.17) is 33.8 Å². The molecule has 19 heteroatoms. The number of benzene rings is 3. The lowest BCUT2D eigenvalue weighted by Gasteiger charge is -2.39. The van der Waals surface area contributed by atoms with Gasteiger partial charge in [-0.1, -0.05) is 89.2 Å². The standard InChI is InChI=1S/C42H51F4N3O10S2/c1-5-18-48(39(52)59-37-23-35(56-28(2)50)38(57-29(3)51)36(24-43)58-37)26-54-20-21-60-61-27-55-40(53)49(19-10-12-30-11-8-15-32(22-30)42(44,45)46)41(4,25-47)34-17-9-14-31-13-6-7-16-33(31)34/h6-9,11,13-17,22,25,35-38,47H,5,10,12,18-21,23-24,26-27H2,1-4H3/t35-,36-,37+,38+,41?/m1/s1. The molecule has 0 bridgehead atoms. The van der Waals surface area contributed by atoms with Crippen LogP contribution in [-0.2, 0) is 56.1 Å². The van der Waals surface area contributed by atoms with Crippen LogP contribution in [0.25, 0.3) is 10.8 Å². The van der Waals surface area contributed by atoms with Gasteiger partial charge in [0.25, 0.3) is 0 Å². The Hall–Kier alpha value is -4.59. The smallest absolute Gasteiger partial charge is 0.416 e. The van der Waals surface area contributed by atoms with E-state index in [1.54, 1.807) is 13.0 Å². The molecule has 0 aliphatic carbocycles. The lowest BCUT2D eigenvalue weighted by Crippen LogP contribution is -2.54. The summed E-state index contributed by atoms with van der Waals surface area (Å²) in [4.78, 5) is 52.9. The van der Waals surface area contributed by atoms with E-state index >= 15 is 0 Å². The number of amides is 2. The number of ether oxygens (including phenoxy) is 6. The zero-order valence-electron chi connectivity index (χ0n) is 34.3. The van der Waals surface area contributed by atoms with Crippen molar-refractivity contribution in [3.8, 4) is 0 Å². The predicted molar refractivity (Wildman–Crippen MR) is 223 cm³/mol. The number of rotatable bonds is 21. The number of aryl methyl sites for hydroxylation is 1. The lowest BCUT2D eigenvalue weighted by molar-refractivity contribution is -0.248. The molecule has 1 aliphatic heterocycles. The summed E-state index contributed by atoms with van der Waals surface area (Å²) in [6.07, 6.45) is -8.91. The number of nitrogens with one attached hydrogen (secondary N) is 1. The molecule has 5 atom stereocenters. The average Bonchev–Trinajstić information content (AvgIpc) is 3.22. The van der Waals surface area contributed by atoms with Gasteiger partial charge in [-0.15, -0.1) is 0 Å². The first-order valence-corrected chi connectivity index (χ1v) is 22.0. The van der Waals surface area contributed by atoms with Gasteiger partial charge in [-0.3, -0.25) is 19.4 Å². The van der Waals surface area contributed by atoms with Crippen LogP contribution in [0.4, 0.5) is 27.2 Å². The van der Waals surface area contributed by atoms with E-state index in [-0.39, 0.29) is 45.2 Å². The molecule has 334 valence electrons. The predicted octanol–water partition coefficient (Wildman–Crippen LogP) is 8.90. The van der Waals surface area contributed by atoms with Gasteiger partial charge < -0.3 is 33.8 Å². The summed E-state index contributed by atoms with van der Waals surface area (Å²) in [5.41, 5.74) is -0.873. The number of fused-ring (bicyclic) bond motifs is 1. The fourth-order valence-electron chi connectivity index (χ4n) is 6.77. The molecule has 2 amide bonds. The number of carbonyl (C=O) groups excluding carboxylic acids is 4. The van der Waals surface area contributed by atoms with Crippen LogP contribution in [0.2, 0.25) is 0 Å². The van der Waals surface area contributed by atoms with Crippen molar-refractivity contribution in [2.45, 2.75) is 89.7 Å². The van der Waals surface area contributed by atoms with Gasteiger partial charge in [-0.2, -0.15) is 13.2 Å². The highest BCUT2D eigenvalue weighted by Gasteiger charge is 2.45. The van der Waals surface area contributed by atoms with Crippen LogP contribution in [0.5, 0.6) is 0 Å². The second kappa shape index (κ2) is 23.6.